The third kappa shape index (κ3) is 4.87. The average Bonchev–Trinajstić information content (AvgIpc) is 2.54. The van der Waals surface area contributed by atoms with Crippen LogP contribution in [0.4, 0.5) is 20.4 Å². The van der Waals surface area contributed by atoms with Crippen LogP contribution in [0.25, 0.3) is 0 Å². The van der Waals surface area contributed by atoms with Crippen LogP contribution in [0.3, 0.4) is 0 Å². The van der Waals surface area contributed by atoms with Crippen molar-refractivity contribution in [3.05, 3.63) is 47.8 Å². The summed E-state index contributed by atoms with van der Waals surface area (Å²) >= 11 is 0. The Morgan fingerprint density at radius 3 is 2.27 bits per heavy atom. The number of nitrogens with one attached hydrogen (secondary N) is 1. The first-order chi connectivity index (χ1) is 12.3. The number of sulfonamides is 1. The first-order valence-corrected chi connectivity index (χ1v) is 9.98. The Kier molecular flexibility index (Phi) is 5.36. The zero-order chi connectivity index (χ0) is 18.7. The average molecular weight is 382 g/mol. The SMILES string of the molecule is CC1CCN(c2ncc(NS(=O)(=O)Cc3cc(F)cc(F)c3)cn2)CC1. The third-order valence-corrected chi connectivity index (χ3v) is 5.52. The quantitative estimate of drug-likeness (QED) is 0.861. The van der Waals surface area contributed by atoms with Gasteiger partial charge in [-0.3, -0.25) is 4.72 Å². The molecule has 0 bridgehead atoms. The maximum atomic E-state index is 13.2. The van der Waals surface area contributed by atoms with Crippen LogP contribution in [0.15, 0.2) is 30.6 Å². The highest BCUT2D eigenvalue weighted by Crippen LogP contribution is 2.21. The van der Waals surface area contributed by atoms with E-state index in [2.05, 4.69) is 26.5 Å². The van der Waals surface area contributed by atoms with Gasteiger partial charge in [-0.2, -0.15) is 0 Å². The number of halogens is 2. The normalized spacial score (nSPS) is 15.9. The van der Waals surface area contributed by atoms with Gasteiger partial charge in [0.1, 0.15) is 11.6 Å². The van der Waals surface area contributed by atoms with E-state index in [1.54, 1.807) is 0 Å². The Bertz CT molecular complexity index is 847. The Hall–Kier alpha value is -2.29. The molecular formula is C17H20F2N4O2S. The lowest BCUT2D eigenvalue weighted by Gasteiger charge is -2.30. The minimum absolute atomic E-state index is 0.0231. The van der Waals surface area contributed by atoms with Crippen molar-refractivity contribution in [1.82, 2.24) is 9.97 Å². The first-order valence-electron chi connectivity index (χ1n) is 8.33. The van der Waals surface area contributed by atoms with Crippen LogP contribution >= 0.6 is 0 Å². The predicted molar refractivity (Wildman–Crippen MR) is 95.2 cm³/mol. The smallest absolute Gasteiger partial charge is 0.237 e. The van der Waals surface area contributed by atoms with Gasteiger partial charge in [0.05, 0.1) is 23.8 Å². The van der Waals surface area contributed by atoms with Gasteiger partial charge in [-0.15, -0.1) is 0 Å². The van der Waals surface area contributed by atoms with E-state index in [0.29, 0.717) is 17.9 Å². The van der Waals surface area contributed by atoms with Crippen LogP contribution < -0.4 is 9.62 Å². The highest BCUT2D eigenvalue weighted by atomic mass is 32.2. The first kappa shape index (κ1) is 18.5. The van der Waals surface area contributed by atoms with Crippen LogP contribution in [-0.4, -0.2) is 31.5 Å². The lowest BCUT2D eigenvalue weighted by atomic mass is 10.00. The lowest BCUT2D eigenvalue weighted by Crippen LogP contribution is -2.34. The van der Waals surface area contributed by atoms with E-state index in [1.165, 1.54) is 12.4 Å². The number of anilines is 2. The molecule has 6 nitrogen and oxygen atoms in total. The van der Waals surface area contributed by atoms with Gasteiger partial charge >= 0.3 is 0 Å². The zero-order valence-corrected chi connectivity index (χ0v) is 15.1. The van der Waals surface area contributed by atoms with E-state index in [1.807, 2.05) is 0 Å². The summed E-state index contributed by atoms with van der Waals surface area (Å²) in [7, 11) is -3.84. The Morgan fingerprint density at radius 2 is 1.69 bits per heavy atom. The second-order valence-corrected chi connectivity index (χ2v) is 8.30. The van der Waals surface area contributed by atoms with Gasteiger partial charge in [-0.25, -0.2) is 27.2 Å². The van der Waals surface area contributed by atoms with Gasteiger partial charge in [0.15, 0.2) is 0 Å². The number of piperidine rings is 1. The molecular weight excluding hydrogens is 362 g/mol. The molecule has 1 aromatic carbocycles. The Labute approximate surface area is 151 Å². The van der Waals surface area contributed by atoms with Crippen LogP contribution in [0.1, 0.15) is 25.3 Å². The van der Waals surface area contributed by atoms with Crippen molar-refractivity contribution in [3.8, 4) is 0 Å². The molecule has 1 aliphatic rings. The van der Waals surface area contributed by atoms with E-state index in [0.717, 1.165) is 38.1 Å². The fourth-order valence-electron chi connectivity index (χ4n) is 2.88. The van der Waals surface area contributed by atoms with E-state index >= 15 is 0 Å². The van der Waals surface area contributed by atoms with Crippen molar-refractivity contribution < 1.29 is 17.2 Å². The predicted octanol–water partition coefficient (Wildman–Crippen LogP) is 2.93. The standard InChI is InChI=1S/C17H20F2N4O2S/c1-12-2-4-23(5-3-12)17-20-9-16(10-21-17)22-26(24,25)11-13-6-14(18)8-15(19)7-13/h6-10,12,22H,2-5,11H2,1H3. The number of aromatic nitrogens is 2. The van der Waals surface area contributed by atoms with Crippen LogP contribution in [0.5, 0.6) is 0 Å². The number of hydrogen-bond acceptors (Lipinski definition) is 5. The van der Waals surface area contributed by atoms with E-state index in [4.69, 9.17) is 0 Å². The minimum Gasteiger partial charge on any atom is -0.341 e. The molecule has 0 radical (unpaired) electrons. The highest BCUT2D eigenvalue weighted by molar-refractivity contribution is 7.91. The minimum atomic E-state index is -3.84. The molecule has 140 valence electrons. The Morgan fingerprint density at radius 1 is 1.12 bits per heavy atom. The molecule has 1 saturated heterocycles. The Balaban J connectivity index is 1.66. The van der Waals surface area contributed by atoms with Gasteiger partial charge < -0.3 is 4.90 Å². The van der Waals surface area contributed by atoms with Gasteiger partial charge in [0, 0.05) is 19.2 Å². The molecule has 3 rings (SSSR count). The van der Waals surface area contributed by atoms with E-state index < -0.39 is 27.4 Å². The second-order valence-electron chi connectivity index (χ2n) is 6.58. The second kappa shape index (κ2) is 7.53. The van der Waals surface area contributed by atoms with E-state index in [9.17, 15) is 17.2 Å². The molecule has 9 heteroatoms. The third-order valence-electron chi connectivity index (χ3n) is 4.26. The summed E-state index contributed by atoms with van der Waals surface area (Å²) in [5.41, 5.74) is 0.228. The molecule has 1 fully saturated rings. The summed E-state index contributed by atoms with van der Waals surface area (Å²) in [6.45, 7) is 3.95. The maximum Gasteiger partial charge on any atom is 0.237 e. The molecule has 0 atom stereocenters. The van der Waals surface area contributed by atoms with Crippen molar-refractivity contribution in [1.29, 1.82) is 0 Å². The van der Waals surface area contributed by atoms with Gasteiger partial charge in [0.2, 0.25) is 16.0 Å². The zero-order valence-electron chi connectivity index (χ0n) is 14.3. The molecule has 0 unspecified atom stereocenters. The highest BCUT2D eigenvalue weighted by Gasteiger charge is 2.18. The molecule has 1 N–H and O–H groups in total. The molecule has 0 amide bonds. The van der Waals surface area contributed by atoms with Crippen molar-refractivity contribution in [2.24, 2.45) is 5.92 Å². The summed E-state index contributed by atoms with van der Waals surface area (Å²) in [5, 5.41) is 0. The van der Waals surface area contributed by atoms with Crippen LogP contribution in [-0.2, 0) is 15.8 Å². The van der Waals surface area contributed by atoms with Gasteiger partial charge in [-0.05, 0) is 36.5 Å². The van der Waals surface area contributed by atoms with Gasteiger partial charge in [0.25, 0.3) is 0 Å². The lowest BCUT2D eigenvalue weighted by molar-refractivity contribution is 0.434. The summed E-state index contributed by atoms with van der Waals surface area (Å²) in [4.78, 5) is 10.5. The van der Waals surface area contributed by atoms with Crippen LogP contribution in [0, 0.1) is 17.6 Å². The fourth-order valence-corrected chi connectivity index (χ4v) is 4.02. The van der Waals surface area contributed by atoms with E-state index in [-0.39, 0.29) is 11.3 Å². The number of nitrogens with zero attached hydrogens (tertiary/aromatic N) is 3. The summed E-state index contributed by atoms with van der Waals surface area (Å²) in [5.74, 6) is -0.942. The van der Waals surface area contributed by atoms with Gasteiger partial charge in [-0.1, -0.05) is 6.92 Å². The maximum absolute atomic E-state index is 13.2. The molecule has 0 spiro atoms. The largest absolute Gasteiger partial charge is 0.341 e. The number of rotatable bonds is 5. The molecule has 2 aromatic rings. The number of benzene rings is 1. The van der Waals surface area contributed by atoms with Crippen LogP contribution in [0.2, 0.25) is 0 Å². The molecule has 2 heterocycles. The fraction of sp³-hybridized carbons (Fsp3) is 0.412. The summed E-state index contributed by atoms with van der Waals surface area (Å²) < 4.78 is 53.1. The van der Waals surface area contributed by atoms with Crippen molar-refractivity contribution in [2.45, 2.75) is 25.5 Å². The van der Waals surface area contributed by atoms with Crippen molar-refractivity contribution >= 4 is 21.7 Å². The molecule has 0 aliphatic carbocycles. The number of hydrogen-bond donors (Lipinski definition) is 1. The summed E-state index contributed by atoms with van der Waals surface area (Å²) in [6, 6.07) is 2.66. The monoisotopic (exact) mass is 382 g/mol. The van der Waals surface area contributed by atoms with Crippen molar-refractivity contribution in [3.63, 3.8) is 0 Å². The van der Waals surface area contributed by atoms with Crippen molar-refractivity contribution in [2.75, 3.05) is 22.7 Å². The topological polar surface area (TPSA) is 75.2 Å². The molecule has 0 saturated carbocycles. The summed E-state index contributed by atoms with van der Waals surface area (Å²) in [6.07, 6.45) is 4.93. The molecule has 1 aliphatic heterocycles. The molecule has 26 heavy (non-hydrogen) atoms. The molecule has 1 aromatic heterocycles.